The summed E-state index contributed by atoms with van der Waals surface area (Å²) in [4.78, 5) is 21.7. The lowest BCUT2D eigenvalue weighted by atomic mass is 10.0. The average molecular weight is 431 g/mol. The van der Waals surface area contributed by atoms with E-state index in [1.54, 1.807) is 0 Å². The highest BCUT2D eigenvalue weighted by Gasteiger charge is 2.25. The summed E-state index contributed by atoms with van der Waals surface area (Å²) in [7, 11) is 4.23. The van der Waals surface area contributed by atoms with Crippen LogP contribution in [0.3, 0.4) is 0 Å². The van der Waals surface area contributed by atoms with Gasteiger partial charge in [0.2, 0.25) is 0 Å². The molecule has 4 rings (SSSR count). The van der Waals surface area contributed by atoms with E-state index in [1.807, 2.05) is 24.4 Å². The zero-order valence-electron chi connectivity index (χ0n) is 19.8. The second kappa shape index (κ2) is 10.2. The molecule has 0 saturated carbocycles. The Morgan fingerprint density at radius 2 is 1.81 bits per heavy atom. The van der Waals surface area contributed by atoms with Crippen LogP contribution in [0, 0.1) is 6.92 Å². The minimum atomic E-state index is 0.731. The molecule has 0 aliphatic carbocycles. The number of fused-ring (bicyclic) bond motifs is 1. The van der Waals surface area contributed by atoms with Crippen LogP contribution >= 0.6 is 0 Å². The van der Waals surface area contributed by atoms with E-state index in [4.69, 9.17) is 9.97 Å². The third-order valence-corrected chi connectivity index (χ3v) is 6.04. The predicted octanol–water partition coefficient (Wildman–Crippen LogP) is 3.79. The molecule has 32 heavy (non-hydrogen) atoms. The van der Waals surface area contributed by atoms with E-state index >= 15 is 0 Å². The Kier molecular flexibility index (Phi) is 7.12. The van der Waals surface area contributed by atoms with Crippen molar-refractivity contribution >= 4 is 5.82 Å². The highest BCUT2D eigenvalue weighted by Crippen LogP contribution is 2.30. The van der Waals surface area contributed by atoms with Crippen molar-refractivity contribution in [2.75, 3.05) is 45.2 Å². The van der Waals surface area contributed by atoms with Crippen LogP contribution in [0.1, 0.15) is 29.3 Å². The molecule has 0 atom stereocenters. The molecule has 2 aromatic heterocycles. The van der Waals surface area contributed by atoms with E-state index in [1.165, 1.54) is 22.4 Å². The number of hydrogen-bond acceptors (Lipinski definition) is 6. The Labute approximate surface area is 191 Å². The second-order valence-electron chi connectivity index (χ2n) is 8.84. The van der Waals surface area contributed by atoms with Crippen molar-refractivity contribution in [1.82, 2.24) is 24.8 Å². The Bertz CT molecular complexity index is 1020. The van der Waals surface area contributed by atoms with E-state index in [9.17, 15) is 0 Å². The Morgan fingerprint density at radius 3 is 2.50 bits per heavy atom. The van der Waals surface area contributed by atoms with E-state index in [0.29, 0.717) is 0 Å². The van der Waals surface area contributed by atoms with E-state index in [0.717, 1.165) is 63.0 Å². The summed E-state index contributed by atoms with van der Waals surface area (Å²) in [5.74, 6) is 1.79. The first kappa shape index (κ1) is 22.4. The van der Waals surface area contributed by atoms with Crippen molar-refractivity contribution in [3.63, 3.8) is 0 Å². The molecule has 6 heteroatoms. The summed E-state index contributed by atoms with van der Waals surface area (Å²) in [5.41, 5.74) is 5.92. The number of aryl methyl sites for hydroxylation is 1. The lowest BCUT2D eigenvalue weighted by Gasteiger charge is -2.33. The lowest BCUT2D eigenvalue weighted by molar-refractivity contribution is 0.243. The standard InChI is InChI=1S/C26H34N6/c1-5-32(17-16-30(3)4)26-22-19-31(18-21-11-9-20(2)10-12-21)15-13-23(22)28-25(29-26)24-8-6-7-14-27-24/h6-12,14H,5,13,15-19H2,1-4H3. The van der Waals surface area contributed by atoms with Gasteiger partial charge >= 0.3 is 0 Å². The minimum absolute atomic E-state index is 0.731. The summed E-state index contributed by atoms with van der Waals surface area (Å²) >= 11 is 0. The first-order valence-corrected chi connectivity index (χ1v) is 11.5. The van der Waals surface area contributed by atoms with E-state index in [-0.39, 0.29) is 0 Å². The fourth-order valence-electron chi connectivity index (χ4n) is 4.14. The number of rotatable bonds is 8. The molecule has 1 aliphatic heterocycles. The fraction of sp³-hybridized carbons (Fsp3) is 0.423. The fourth-order valence-corrected chi connectivity index (χ4v) is 4.14. The third kappa shape index (κ3) is 5.31. The number of anilines is 1. The maximum absolute atomic E-state index is 5.07. The van der Waals surface area contributed by atoms with Crippen LogP contribution in [0.4, 0.5) is 5.82 Å². The van der Waals surface area contributed by atoms with Crippen LogP contribution in [0.15, 0.2) is 48.7 Å². The number of aromatic nitrogens is 3. The zero-order chi connectivity index (χ0) is 22.5. The molecule has 0 N–H and O–H groups in total. The van der Waals surface area contributed by atoms with Gasteiger partial charge in [-0.15, -0.1) is 0 Å². The molecule has 6 nitrogen and oxygen atoms in total. The van der Waals surface area contributed by atoms with Gasteiger partial charge < -0.3 is 9.80 Å². The molecule has 0 unspecified atom stereocenters. The maximum atomic E-state index is 5.07. The number of benzene rings is 1. The molecule has 168 valence electrons. The van der Waals surface area contributed by atoms with Crippen LogP contribution in [0.2, 0.25) is 0 Å². The molecule has 0 saturated heterocycles. The smallest absolute Gasteiger partial charge is 0.180 e. The highest BCUT2D eigenvalue weighted by atomic mass is 15.2. The molecular weight excluding hydrogens is 396 g/mol. The van der Waals surface area contributed by atoms with Gasteiger partial charge in [0.15, 0.2) is 5.82 Å². The van der Waals surface area contributed by atoms with Gasteiger partial charge in [-0.25, -0.2) is 9.97 Å². The predicted molar refractivity (Wildman–Crippen MR) is 131 cm³/mol. The minimum Gasteiger partial charge on any atom is -0.355 e. The highest BCUT2D eigenvalue weighted by molar-refractivity contribution is 5.58. The average Bonchev–Trinajstić information content (AvgIpc) is 2.81. The van der Waals surface area contributed by atoms with Gasteiger partial charge in [0.05, 0.1) is 5.69 Å². The van der Waals surface area contributed by atoms with Crippen molar-refractivity contribution in [2.45, 2.75) is 33.4 Å². The van der Waals surface area contributed by atoms with Crippen LogP contribution in [0.5, 0.6) is 0 Å². The molecule has 0 amide bonds. The normalized spacial score (nSPS) is 13.9. The van der Waals surface area contributed by atoms with Crippen molar-refractivity contribution in [3.05, 3.63) is 71.0 Å². The van der Waals surface area contributed by atoms with Crippen LogP contribution in [0.25, 0.3) is 11.5 Å². The number of likely N-dealkylation sites (N-methyl/N-ethyl adjacent to an activating group) is 2. The molecule has 1 aliphatic rings. The maximum Gasteiger partial charge on any atom is 0.180 e. The van der Waals surface area contributed by atoms with Crippen LogP contribution < -0.4 is 4.90 Å². The Hall–Kier alpha value is -2.83. The largest absolute Gasteiger partial charge is 0.355 e. The van der Waals surface area contributed by atoms with Crippen LogP contribution in [-0.2, 0) is 19.5 Å². The first-order chi connectivity index (χ1) is 15.5. The van der Waals surface area contributed by atoms with Crippen molar-refractivity contribution in [3.8, 4) is 11.5 Å². The van der Waals surface area contributed by atoms with Gasteiger partial charge in [-0.1, -0.05) is 35.9 Å². The first-order valence-electron chi connectivity index (χ1n) is 11.5. The Balaban J connectivity index is 1.67. The quantitative estimate of drug-likeness (QED) is 0.542. The lowest BCUT2D eigenvalue weighted by Crippen LogP contribution is -2.36. The molecule has 3 aromatic rings. The van der Waals surface area contributed by atoms with Crippen molar-refractivity contribution in [2.24, 2.45) is 0 Å². The zero-order valence-corrected chi connectivity index (χ0v) is 19.8. The van der Waals surface area contributed by atoms with E-state index < -0.39 is 0 Å². The third-order valence-electron chi connectivity index (χ3n) is 6.04. The van der Waals surface area contributed by atoms with Gasteiger partial charge in [0.25, 0.3) is 0 Å². The van der Waals surface area contributed by atoms with Gasteiger partial charge in [-0.05, 0) is 45.6 Å². The second-order valence-corrected chi connectivity index (χ2v) is 8.84. The summed E-state index contributed by atoms with van der Waals surface area (Å²) in [6.45, 7) is 10.0. The summed E-state index contributed by atoms with van der Waals surface area (Å²) in [6.07, 6.45) is 2.74. The van der Waals surface area contributed by atoms with Crippen molar-refractivity contribution < 1.29 is 0 Å². The van der Waals surface area contributed by atoms with Gasteiger partial charge in [-0.2, -0.15) is 0 Å². The van der Waals surface area contributed by atoms with E-state index in [2.05, 4.69) is 71.9 Å². The molecule has 0 fully saturated rings. The molecule has 0 radical (unpaired) electrons. The number of pyridine rings is 1. The molecule has 0 bridgehead atoms. The van der Waals surface area contributed by atoms with Gasteiger partial charge in [-0.3, -0.25) is 9.88 Å². The summed E-state index contributed by atoms with van der Waals surface area (Å²) in [5, 5.41) is 0. The Morgan fingerprint density at radius 1 is 1.00 bits per heavy atom. The molecule has 0 spiro atoms. The van der Waals surface area contributed by atoms with Crippen LogP contribution in [-0.4, -0.2) is 65.0 Å². The molecular formula is C26H34N6. The SMILES string of the molecule is CCN(CCN(C)C)c1nc(-c2ccccn2)nc2c1CN(Cc1ccc(C)cc1)CC2. The number of hydrogen-bond donors (Lipinski definition) is 0. The topological polar surface area (TPSA) is 48.4 Å². The molecule has 3 heterocycles. The van der Waals surface area contributed by atoms with Gasteiger partial charge in [0, 0.05) is 57.4 Å². The number of nitrogens with zero attached hydrogens (tertiary/aromatic N) is 6. The summed E-state index contributed by atoms with van der Waals surface area (Å²) in [6, 6.07) is 14.8. The van der Waals surface area contributed by atoms with Gasteiger partial charge in [0.1, 0.15) is 11.5 Å². The molecule has 1 aromatic carbocycles. The monoisotopic (exact) mass is 430 g/mol. The van der Waals surface area contributed by atoms with Crippen molar-refractivity contribution in [1.29, 1.82) is 0 Å². The summed E-state index contributed by atoms with van der Waals surface area (Å²) < 4.78 is 0.